The summed E-state index contributed by atoms with van der Waals surface area (Å²) in [6.45, 7) is 7.41. The van der Waals surface area contributed by atoms with Crippen molar-refractivity contribution in [3.05, 3.63) is 18.2 Å². The maximum Gasteiger partial charge on any atom is 0.410 e. The van der Waals surface area contributed by atoms with Gasteiger partial charge < -0.3 is 28.7 Å². The number of nitrogens with zero attached hydrogens (tertiary/aromatic N) is 2. The second kappa shape index (κ2) is 8.94. The van der Waals surface area contributed by atoms with Gasteiger partial charge in [0, 0.05) is 13.1 Å². The molecule has 2 aliphatic rings. The lowest BCUT2D eigenvalue weighted by molar-refractivity contribution is 0.0163. The highest BCUT2D eigenvalue weighted by Crippen LogP contribution is 2.36. The van der Waals surface area contributed by atoms with E-state index in [1.807, 2.05) is 39.0 Å². The lowest BCUT2D eigenvalue weighted by Crippen LogP contribution is -2.42. The standard InChI is InChI=1S/C23H32N2O6/c1-23(2,3)30-22(27)25-12-10-15(11-13-25)14-28-21-20-18(8-5-9-19(20)31-24-21)29-17-7-4-6-16(17)26/h5,8-9,15-17,26H,4,6-7,10-14H2,1-3H3/t16-,17+/m1/s1. The molecule has 1 aliphatic heterocycles. The quantitative estimate of drug-likeness (QED) is 0.758. The van der Waals surface area contributed by atoms with Crippen LogP contribution in [0, 0.1) is 5.92 Å². The molecule has 1 saturated carbocycles. The molecule has 170 valence electrons. The molecule has 8 heteroatoms. The van der Waals surface area contributed by atoms with Gasteiger partial charge in [-0.15, -0.1) is 0 Å². The van der Waals surface area contributed by atoms with Crippen molar-refractivity contribution in [2.24, 2.45) is 5.92 Å². The van der Waals surface area contributed by atoms with Crippen LogP contribution in [0.3, 0.4) is 0 Å². The molecule has 4 rings (SSSR count). The monoisotopic (exact) mass is 432 g/mol. The van der Waals surface area contributed by atoms with Crippen LogP contribution in [-0.4, -0.2) is 58.8 Å². The molecule has 1 aliphatic carbocycles. The fourth-order valence-electron chi connectivity index (χ4n) is 4.14. The SMILES string of the molecule is CC(C)(C)OC(=O)N1CCC(COc2noc3cccc(O[C@H]4CCC[C@H]4O)c23)CC1. The van der Waals surface area contributed by atoms with Crippen molar-refractivity contribution in [1.82, 2.24) is 10.1 Å². The molecule has 0 unspecified atom stereocenters. The molecular formula is C23H32N2O6. The summed E-state index contributed by atoms with van der Waals surface area (Å²) in [5.74, 6) is 1.35. The third-order valence-electron chi connectivity index (χ3n) is 5.85. The Morgan fingerprint density at radius 3 is 2.68 bits per heavy atom. The van der Waals surface area contributed by atoms with Gasteiger partial charge in [-0.05, 0) is 76.1 Å². The summed E-state index contributed by atoms with van der Waals surface area (Å²) in [7, 11) is 0. The summed E-state index contributed by atoms with van der Waals surface area (Å²) in [4.78, 5) is 14.0. The van der Waals surface area contributed by atoms with Gasteiger partial charge in [-0.2, -0.15) is 0 Å². The first-order valence-electron chi connectivity index (χ1n) is 11.1. The number of aromatic nitrogens is 1. The van der Waals surface area contributed by atoms with Gasteiger partial charge in [0.1, 0.15) is 22.8 Å². The van der Waals surface area contributed by atoms with E-state index >= 15 is 0 Å². The van der Waals surface area contributed by atoms with Crippen molar-refractivity contribution in [2.45, 2.75) is 70.7 Å². The Bertz CT molecular complexity index is 897. The summed E-state index contributed by atoms with van der Waals surface area (Å²) in [6, 6.07) is 5.53. The molecule has 0 spiro atoms. The van der Waals surface area contributed by atoms with Crippen molar-refractivity contribution in [2.75, 3.05) is 19.7 Å². The van der Waals surface area contributed by atoms with E-state index in [1.165, 1.54) is 0 Å². The molecule has 2 atom stereocenters. The molecule has 1 aromatic heterocycles. The minimum absolute atomic E-state index is 0.217. The molecule has 1 aromatic carbocycles. The van der Waals surface area contributed by atoms with E-state index in [-0.39, 0.29) is 12.2 Å². The van der Waals surface area contributed by atoms with E-state index in [4.69, 9.17) is 18.7 Å². The smallest absolute Gasteiger partial charge is 0.410 e. The Labute approximate surface area is 182 Å². The number of aliphatic hydroxyl groups excluding tert-OH is 1. The van der Waals surface area contributed by atoms with Crippen LogP contribution < -0.4 is 9.47 Å². The Morgan fingerprint density at radius 2 is 2.00 bits per heavy atom. The molecule has 2 aromatic rings. The number of carbonyl (C=O) groups is 1. The van der Waals surface area contributed by atoms with Gasteiger partial charge in [-0.1, -0.05) is 6.07 Å². The predicted molar refractivity (Wildman–Crippen MR) is 114 cm³/mol. The second-order valence-corrected chi connectivity index (χ2v) is 9.49. The average Bonchev–Trinajstić information content (AvgIpc) is 3.32. The number of rotatable bonds is 5. The van der Waals surface area contributed by atoms with Gasteiger partial charge in [-0.3, -0.25) is 0 Å². The predicted octanol–water partition coefficient (Wildman–Crippen LogP) is 4.15. The highest BCUT2D eigenvalue weighted by molar-refractivity contribution is 5.88. The molecule has 8 nitrogen and oxygen atoms in total. The highest BCUT2D eigenvalue weighted by Gasteiger charge is 2.30. The van der Waals surface area contributed by atoms with Crippen LogP contribution in [0.1, 0.15) is 52.9 Å². The summed E-state index contributed by atoms with van der Waals surface area (Å²) in [5, 5.41) is 14.9. The van der Waals surface area contributed by atoms with E-state index in [0.29, 0.717) is 48.2 Å². The van der Waals surface area contributed by atoms with E-state index in [9.17, 15) is 9.90 Å². The number of likely N-dealkylation sites (tertiary alicyclic amines) is 1. The van der Waals surface area contributed by atoms with E-state index in [1.54, 1.807) is 4.90 Å². The summed E-state index contributed by atoms with van der Waals surface area (Å²) < 4.78 is 23.0. The Balaban J connectivity index is 1.35. The van der Waals surface area contributed by atoms with Gasteiger partial charge in [0.25, 0.3) is 5.88 Å². The van der Waals surface area contributed by atoms with Gasteiger partial charge in [-0.25, -0.2) is 4.79 Å². The fourth-order valence-corrected chi connectivity index (χ4v) is 4.14. The average molecular weight is 433 g/mol. The molecule has 2 fully saturated rings. The van der Waals surface area contributed by atoms with Gasteiger partial charge >= 0.3 is 6.09 Å². The minimum Gasteiger partial charge on any atom is -0.487 e. The third kappa shape index (κ3) is 5.23. The van der Waals surface area contributed by atoms with E-state index in [0.717, 1.165) is 32.1 Å². The summed E-state index contributed by atoms with van der Waals surface area (Å²) >= 11 is 0. The van der Waals surface area contributed by atoms with Crippen LogP contribution in [0.15, 0.2) is 22.7 Å². The largest absolute Gasteiger partial charge is 0.487 e. The maximum absolute atomic E-state index is 12.2. The fraction of sp³-hybridized carbons (Fsp3) is 0.652. The van der Waals surface area contributed by atoms with Gasteiger partial charge in [0.15, 0.2) is 5.58 Å². The lowest BCUT2D eigenvalue weighted by Gasteiger charge is -2.33. The van der Waals surface area contributed by atoms with Crippen LogP contribution in [0.5, 0.6) is 11.6 Å². The Kier molecular flexibility index (Phi) is 6.27. The molecule has 1 N–H and O–H groups in total. The topological polar surface area (TPSA) is 94.3 Å². The van der Waals surface area contributed by atoms with Crippen molar-refractivity contribution in [3.63, 3.8) is 0 Å². The molecule has 0 radical (unpaired) electrons. The normalized spacial score (nSPS) is 22.6. The Morgan fingerprint density at radius 1 is 1.23 bits per heavy atom. The zero-order valence-electron chi connectivity index (χ0n) is 18.5. The van der Waals surface area contributed by atoms with Crippen molar-refractivity contribution >= 4 is 17.1 Å². The first-order valence-corrected chi connectivity index (χ1v) is 11.1. The summed E-state index contributed by atoms with van der Waals surface area (Å²) in [6.07, 6.45) is 3.30. The van der Waals surface area contributed by atoms with Gasteiger partial charge in [0.2, 0.25) is 0 Å². The van der Waals surface area contributed by atoms with Crippen LogP contribution >= 0.6 is 0 Å². The number of piperidine rings is 1. The highest BCUT2D eigenvalue weighted by atomic mass is 16.6. The molecule has 1 saturated heterocycles. The molecule has 1 amide bonds. The molecule has 31 heavy (non-hydrogen) atoms. The van der Waals surface area contributed by atoms with Crippen LogP contribution in [-0.2, 0) is 4.74 Å². The second-order valence-electron chi connectivity index (χ2n) is 9.49. The molecular weight excluding hydrogens is 400 g/mol. The molecule has 0 bridgehead atoms. The van der Waals surface area contributed by atoms with E-state index < -0.39 is 11.7 Å². The summed E-state index contributed by atoms with van der Waals surface area (Å²) in [5.41, 5.74) is 0.110. The van der Waals surface area contributed by atoms with Crippen LogP contribution in [0.25, 0.3) is 11.0 Å². The number of ether oxygens (including phenoxy) is 3. The Hall–Kier alpha value is -2.48. The maximum atomic E-state index is 12.2. The zero-order valence-corrected chi connectivity index (χ0v) is 18.5. The zero-order chi connectivity index (χ0) is 22.0. The first-order chi connectivity index (χ1) is 14.8. The number of hydrogen-bond acceptors (Lipinski definition) is 7. The van der Waals surface area contributed by atoms with Gasteiger partial charge in [0.05, 0.1) is 12.7 Å². The lowest BCUT2D eigenvalue weighted by atomic mass is 9.98. The first kappa shape index (κ1) is 21.7. The van der Waals surface area contributed by atoms with Crippen molar-refractivity contribution < 1.29 is 28.6 Å². The van der Waals surface area contributed by atoms with E-state index in [2.05, 4.69) is 5.16 Å². The third-order valence-corrected chi connectivity index (χ3v) is 5.85. The van der Waals surface area contributed by atoms with Crippen LogP contribution in [0.4, 0.5) is 4.79 Å². The minimum atomic E-state index is -0.487. The van der Waals surface area contributed by atoms with Crippen molar-refractivity contribution in [1.29, 1.82) is 0 Å². The number of hydrogen-bond donors (Lipinski definition) is 1. The number of amides is 1. The number of aliphatic hydroxyl groups is 1. The van der Waals surface area contributed by atoms with Crippen molar-refractivity contribution in [3.8, 4) is 11.6 Å². The van der Waals surface area contributed by atoms with Crippen LogP contribution in [0.2, 0.25) is 0 Å². The number of carbonyl (C=O) groups excluding carboxylic acids is 1. The number of fused-ring (bicyclic) bond motifs is 1. The number of benzene rings is 1. The molecule has 2 heterocycles.